The van der Waals surface area contributed by atoms with E-state index in [0.717, 1.165) is 6.07 Å². The van der Waals surface area contributed by atoms with Gasteiger partial charge in [-0.3, -0.25) is 0 Å². The molecule has 0 aliphatic carbocycles. The first-order valence-electron chi connectivity index (χ1n) is 5.59. The molecule has 0 saturated carbocycles. The van der Waals surface area contributed by atoms with Gasteiger partial charge in [0.2, 0.25) is 0 Å². The van der Waals surface area contributed by atoms with E-state index in [2.05, 4.69) is 0 Å². The van der Waals surface area contributed by atoms with Gasteiger partial charge in [0.25, 0.3) is 0 Å². The highest BCUT2D eigenvalue weighted by Crippen LogP contribution is 2.33. The summed E-state index contributed by atoms with van der Waals surface area (Å²) in [5.41, 5.74) is 4.99. The Labute approximate surface area is 104 Å². The van der Waals surface area contributed by atoms with Gasteiger partial charge < -0.3 is 15.7 Å². The van der Waals surface area contributed by atoms with Crippen molar-refractivity contribution in [1.29, 1.82) is 0 Å². The first-order chi connectivity index (χ1) is 8.34. The number of hydrogen-bond acceptors (Lipinski definition) is 3. The molecule has 0 fully saturated rings. The molecule has 0 atom stereocenters. The molecule has 1 rings (SSSR count). The summed E-state index contributed by atoms with van der Waals surface area (Å²) in [6.45, 7) is 0.742. The van der Waals surface area contributed by atoms with E-state index in [0.29, 0.717) is 13.0 Å². The molecule has 0 amide bonds. The molecule has 6 heteroatoms. The normalized spacial score (nSPS) is 12.1. The zero-order chi connectivity index (χ0) is 13.8. The van der Waals surface area contributed by atoms with Crippen LogP contribution in [0, 0.1) is 0 Å². The molecule has 102 valence electrons. The number of hydrogen-bond donors (Lipinski definition) is 2. The third kappa shape index (κ3) is 4.19. The van der Waals surface area contributed by atoms with Gasteiger partial charge in [-0.05, 0) is 31.2 Å². The van der Waals surface area contributed by atoms with E-state index in [-0.39, 0.29) is 24.4 Å². The van der Waals surface area contributed by atoms with Gasteiger partial charge in [0, 0.05) is 25.4 Å². The molecule has 0 radical (unpaired) electrons. The van der Waals surface area contributed by atoms with Crippen LogP contribution in [0.5, 0.6) is 0 Å². The summed E-state index contributed by atoms with van der Waals surface area (Å²) in [6, 6.07) is 3.81. The number of rotatable bonds is 5. The van der Waals surface area contributed by atoms with Gasteiger partial charge in [-0.1, -0.05) is 6.07 Å². The van der Waals surface area contributed by atoms with Gasteiger partial charge in [-0.25, -0.2) is 0 Å². The second kappa shape index (κ2) is 6.06. The minimum absolute atomic E-state index is 0.0260. The summed E-state index contributed by atoms with van der Waals surface area (Å²) in [4.78, 5) is 1.73. The number of benzene rings is 1. The summed E-state index contributed by atoms with van der Waals surface area (Å²) in [7, 11) is 1.71. The van der Waals surface area contributed by atoms with Crippen molar-refractivity contribution in [1.82, 2.24) is 4.90 Å². The summed E-state index contributed by atoms with van der Waals surface area (Å²) < 4.78 is 38.5. The van der Waals surface area contributed by atoms with Crippen LogP contribution in [-0.4, -0.2) is 30.2 Å². The van der Waals surface area contributed by atoms with Gasteiger partial charge in [0.05, 0.1) is 5.56 Å². The van der Waals surface area contributed by atoms with E-state index in [1.165, 1.54) is 12.1 Å². The predicted molar refractivity (Wildman–Crippen MR) is 63.9 cm³/mol. The first kappa shape index (κ1) is 14.8. The van der Waals surface area contributed by atoms with Crippen molar-refractivity contribution in [3.8, 4) is 0 Å². The number of nitrogens with zero attached hydrogens (tertiary/aromatic N) is 1. The molecule has 1 aromatic rings. The fourth-order valence-corrected chi connectivity index (χ4v) is 1.71. The highest BCUT2D eigenvalue weighted by molar-refractivity contribution is 5.46. The number of nitrogen functional groups attached to an aromatic ring is 1. The minimum Gasteiger partial charge on any atom is -0.399 e. The summed E-state index contributed by atoms with van der Waals surface area (Å²) in [5, 5.41) is 8.68. The van der Waals surface area contributed by atoms with Crippen molar-refractivity contribution < 1.29 is 18.3 Å². The van der Waals surface area contributed by atoms with Crippen molar-refractivity contribution in [3.05, 3.63) is 29.3 Å². The van der Waals surface area contributed by atoms with Crippen LogP contribution >= 0.6 is 0 Å². The van der Waals surface area contributed by atoms with E-state index in [1.807, 2.05) is 0 Å². The Hall–Kier alpha value is -1.27. The molecule has 0 aromatic heterocycles. The van der Waals surface area contributed by atoms with Crippen molar-refractivity contribution in [3.63, 3.8) is 0 Å². The highest BCUT2D eigenvalue weighted by atomic mass is 19.4. The Kier molecular flexibility index (Phi) is 4.98. The predicted octanol–water partition coefficient (Wildman–Crippen LogP) is 2.10. The second-order valence-electron chi connectivity index (χ2n) is 4.23. The average molecular weight is 262 g/mol. The monoisotopic (exact) mass is 262 g/mol. The third-order valence-corrected chi connectivity index (χ3v) is 2.58. The molecule has 0 heterocycles. The number of anilines is 1. The summed E-state index contributed by atoms with van der Waals surface area (Å²) >= 11 is 0. The first-order valence-corrected chi connectivity index (χ1v) is 5.59. The number of alkyl halides is 3. The van der Waals surface area contributed by atoms with Crippen LogP contribution in [0.2, 0.25) is 0 Å². The second-order valence-corrected chi connectivity index (χ2v) is 4.23. The Morgan fingerprint density at radius 2 is 2.00 bits per heavy atom. The molecule has 0 aliphatic rings. The van der Waals surface area contributed by atoms with Crippen molar-refractivity contribution in [2.75, 3.05) is 25.9 Å². The van der Waals surface area contributed by atoms with Crippen LogP contribution in [0.15, 0.2) is 18.2 Å². The Balaban J connectivity index is 2.88. The van der Waals surface area contributed by atoms with Gasteiger partial charge >= 0.3 is 6.18 Å². The molecule has 3 nitrogen and oxygen atoms in total. The zero-order valence-electron chi connectivity index (χ0n) is 10.2. The zero-order valence-corrected chi connectivity index (χ0v) is 10.2. The molecule has 0 aliphatic heterocycles. The van der Waals surface area contributed by atoms with Crippen LogP contribution in [0.3, 0.4) is 0 Å². The van der Waals surface area contributed by atoms with E-state index >= 15 is 0 Å². The van der Waals surface area contributed by atoms with Gasteiger partial charge in [-0.2, -0.15) is 13.2 Å². The van der Waals surface area contributed by atoms with Gasteiger partial charge in [0.15, 0.2) is 0 Å². The van der Waals surface area contributed by atoms with Crippen LogP contribution in [0.4, 0.5) is 18.9 Å². The summed E-state index contributed by atoms with van der Waals surface area (Å²) in [6.07, 6.45) is -3.87. The molecule has 3 N–H and O–H groups in total. The van der Waals surface area contributed by atoms with Crippen LogP contribution in [-0.2, 0) is 12.7 Å². The molecule has 0 spiro atoms. The lowest BCUT2D eigenvalue weighted by atomic mass is 10.1. The molecule has 0 unspecified atom stereocenters. The molecule has 18 heavy (non-hydrogen) atoms. The van der Waals surface area contributed by atoms with Crippen molar-refractivity contribution in [2.45, 2.75) is 19.1 Å². The van der Waals surface area contributed by atoms with E-state index in [9.17, 15) is 13.2 Å². The fourth-order valence-electron chi connectivity index (χ4n) is 1.71. The largest absolute Gasteiger partial charge is 0.416 e. The average Bonchev–Trinajstić information content (AvgIpc) is 2.27. The maximum Gasteiger partial charge on any atom is 0.416 e. The minimum atomic E-state index is -4.40. The van der Waals surface area contributed by atoms with Gasteiger partial charge in [0.1, 0.15) is 0 Å². The SMILES string of the molecule is CN(CCCO)Cc1ccc(N)cc1C(F)(F)F. The van der Waals surface area contributed by atoms with Crippen LogP contribution in [0.25, 0.3) is 0 Å². The number of aliphatic hydroxyl groups is 1. The maximum atomic E-state index is 12.8. The molecule has 1 aromatic carbocycles. The lowest BCUT2D eigenvalue weighted by Gasteiger charge is -2.19. The van der Waals surface area contributed by atoms with Gasteiger partial charge in [-0.15, -0.1) is 0 Å². The van der Waals surface area contributed by atoms with E-state index in [1.54, 1.807) is 11.9 Å². The Morgan fingerprint density at radius 1 is 1.33 bits per heavy atom. The number of nitrogens with two attached hydrogens (primary N) is 1. The molecule has 0 saturated heterocycles. The standard InChI is InChI=1S/C12H17F3N2O/c1-17(5-2-6-18)8-9-3-4-10(16)7-11(9)12(13,14)15/h3-4,7,18H,2,5-6,8,16H2,1H3. The Morgan fingerprint density at radius 3 is 2.56 bits per heavy atom. The van der Waals surface area contributed by atoms with Crippen LogP contribution < -0.4 is 5.73 Å². The smallest absolute Gasteiger partial charge is 0.399 e. The fraction of sp³-hybridized carbons (Fsp3) is 0.500. The van der Waals surface area contributed by atoms with Crippen molar-refractivity contribution >= 4 is 5.69 Å². The maximum absolute atomic E-state index is 12.8. The lowest BCUT2D eigenvalue weighted by molar-refractivity contribution is -0.138. The number of halogens is 3. The topological polar surface area (TPSA) is 49.5 Å². The number of aliphatic hydroxyl groups excluding tert-OH is 1. The molecular formula is C12H17F3N2O. The quantitative estimate of drug-likeness (QED) is 0.799. The highest BCUT2D eigenvalue weighted by Gasteiger charge is 2.33. The van der Waals surface area contributed by atoms with E-state index < -0.39 is 11.7 Å². The van der Waals surface area contributed by atoms with Crippen molar-refractivity contribution in [2.24, 2.45) is 0 Å². The summed E-state index contributed by atoms with van der Waals surface area (Å²) in [5.74, 6) is 0. The van der Waals surface area contributed by atoms with E-state index in [4.69, 9.17) is 10.8 Å². The Bertz CT molecular complexity index is 393. The van der Waals surface area contributed by atoms with Crippen LogP contribution in [0.1, 0.15) is 17.5 Å². The molecule has 0 bridgehead atoms. The third-order valence-electron chi connectivity index (χ3n) is 2.58. The lowest BCUT2D eigenvalue weighted by Crippen LogP contribution is -2.22. The molecular weight excluding hydrogens is 245 g/mol.